The first-order chi connectivity index (χ1) is 11.2. The second kappa shape index (κ2) is 5.52. The van der Waals surface area contributed by atoms with Crippen LogP contribution in [0.3, 0.4) is 0 Å². The van der Waals surface area contributed by atoms with E-state index in [1.165, 1.54) is 30.4 Å². The molecule has 4 heteroatoms. The average molecular weight is 309 g/mol. The van der Waals surface area contributed by atoms with Crippen LogP contribution in [-0.4, -0.2) is 22.2 Å². The van der Waals surface area contributed by atoms with E-state index in [1.54, 1.807) is 4.68 Å². The van der Waals surface area contributed by atoms with E-state index in [4.69, 9.17) is 0 Å². The van der Waals surface area contributed by atoms with Crippen LogP contribution in [0.15, 0.2) is 42.7 Å². The molecule has 0 spiro atoms. The summed E-state index contributed by atoms with van der Waals surface area (Å²) in [5.74, 6) is 0.700. The summed E-state index contributed by atoms with van der Waals surface area (Å²) in [6.07, 6.45) is 8.47. The number of aromatic nitrogens is 2. The van der Waals surface area contributed by atoms with Gasteiger partial charge in [0.1, 0.15) is 0 Å². The van der Waals surface area contributed by atoms with Gasteiger partial charge in [-0.2, -0.15) is 5.10 Å². The number of carbonyl (C=O) groups is 1. The van der Waals surface area contributed by atoms with Crippen LogP contribution in [0.1, 0.15) is 42.7 Å². The molecule has 2 unspecified atom stereocenters. The number of hydrogen-bond donors (Lipinski definition) is 1. The van der Waals surface area contributed by atoms with Crippen molar-refractivity contribution in [3.8, 4) is 0 Å². The third-order valence-electron chi connectivity index (χ3n) is 5.58. The van der Waals surface area contributed by atoms with Crippen molar-refractivity contribution in [1.29, 1.82) is 0 Å². The minimum atomic E-state index is 0.132. The number of nitrogens with one attached hydrogen (secondary N) is 1. The summed E-state index contributed by atoms with van der Waals surface area (Å²) in [6.45, 7) is 0.770. The third kappa shape index (κ3) is 2.67. The minimum Gasteiger partial charge on any atom is -0.355 e. The second-order valence-corrected chi connectivity index (χ2v) is 7.11. The van der Waals surface area contributed by atoms with E-state index in [0.29, 0.717) is 5.92 Å². The molecule has 1 heterocycles. The van der Waals surface area contributed by atoms with Crippen LogP contribution < -0.4 is 5.32 Å². The lowest BCUT2D eigenvalue weighted by atomic mass is 9.64. The lowest BCUT2D eigenvalue weighted by Crippen LogP contribution is -2.46. The molecule has 23 heavy (non-hydrogen) atoms. The Kier molecular flexibility index (Phi) is 3.47. The van der Waals surface area contributed by atoms with E-state index >= 15 is 0 Å². The summed E-state index contributed by atoms with van der Waals surface area (Å²) in [4.78, 5) is 12.5. The van der Waals surface area contributed by atoms with Crippen LogP contribution >= 0.6 is 0 Å². The molecule has 1 aromatic carbocycles. The third-order valence-corrected chi connectivity index (χ3v) is 5.58. The molecule has 2 fully saturated rings. The van der Waals surface area contributed by atoms with Gasteiger partial charge in [-0.05, 0) is 36.3 Å². The van der Waals surface area contributed by atoms with Crippen molar-refractivity contribution < 1.29 is 4.79 Å². The highest BCUT2D eigenvalue weighted by Crippen LogP contribution is 2.48. The Morgan fingerprint density at radius 1 is 1.35 bits per heavy atom. The maximum atomic E-state index is 12.5. The van der Waals surface area contributed by atoms with Gasteiger partial charge in [0.05, 0.1) is 6.20 Å². The van der Waals surface area contributed by atoms with Crippen molar-refractivity contribution in [2.24, 2.45) is 13.0 Å². The van der Waals surface area contributed by atoms with Gasteiger partial charge in [-0.25, -0.2) is 0 Å². The average Bonchev–Trinajstić information content (AvgIpc) is 3.22. The molecule has 2 saturated carbocycles. The van der Waals surface area contributed by atoms with E-state index in [-0.39, 0.29) is 17.2 Å². The monoisotopic (exact) mass is 309 g/mol. The smallest absolute Gasteiger partial charge is 0.223 e. The molecule has 0 saturated heterocycles. The number of amides is 1. The van der Waals surface area contributed by atoms with Crippen LogP contribution in [-0.2, 0) is 17.3 Å². The van der Waals surface area contributed by atoms with Gasteiger partial charge in [-0.3, -0.25) is 9.48 Å². The van der Waals surface area contributed by atoms with Crippen molar-refractivity contribution in [3.05, 3.63) is 53.9 Å². The first-order valence-electron chi connectivity index (χ1n) is 8.50. The van der Waals surface area contributed by atoms with Crippen molar-refractivity contribution in [1.82, 2.24) is 15.1 Å². The molecule has 0 aliphatic heterocycles. The zero-order valence-electron chi connectivity index (χ0n) is 13.5. The van der Waals surface area contributed by atoms with Crippen molar-refractivity contribution >= 4 is 5.91 Å². The number of hydrogen-bond acceptors (Lipinski definition) is 2. The van der Waals surface area contributed by atoms with E-state index in [9.17, 15) is 4.79 Å². The first-order valence-corrected chi connectivity index (χ1v) is 8.50. The van der Waals surface area contributed by atoms with Gasteiger partial charge in [0.25, 0.3) is 0 Å². The lowest BCUT2D eigenvalue weighted by Gasteiger charge is -2.42. The highest BCUT2D eigenvalue weighted by Gasteiger charge is 2.46. The fourth-order valence-electron chi connectivity index (χ4n) is 3.83. The molecular weight excluding hydrogens is 286 g/mol. The quantitative estimate of drug-likeness (QED) is 0.923. The highest BCUT2D eigenvalue weighted by atomic mass is 16.2. The number of aryl methyl sites for hydroxylation is 1. The van der Waals surface area contributed by atoms with Crippen LogP contribution in [0.2, 0.25) is 0 Å². The molecular formula is C19H23N3O. The van der Waals surface area contributed by atoms with Crippen LogP contribution in [0.4, 0.5) is 0 Å². The standard InChI is InChI=1S/C19H23N3O/c1-22-12-14(11-21-22)16-10-17(16)18(23)20-13-19(8-5-9-19)15-6-3-2-4-7-15/h2-4,6-7,11-12,16-17H,5,8-10,13H2,1H3,(H,20,23). The van der Waals surface area contributed by atoms with E-state index in [1.807, 2.05) is 19.4 Å². The number of carbonyl (C=O) groups excluding carboxylic acids is 1. The van der Waals surface area contributed by atoms with Crippen molar-refractivity contribution in [2.45, 2.75) is 37.0 Å². The van der Waals surface area contributed by atoms with E-state index in [2.05, 4.69) is 40.7 Å². The zero-order chi connectivity index (χ0) is 15.9. The molecule has 4 nitrogen and oxygen atoms in total. The summed E-state index contributed by atoms with van der Waals surface area (Å²) in [6, 6.07) is 10.6. The molecule has 0 bridgehead atoms. The Bertz CT molecular complexity index is 702. The van der Waals surface area contributed by atoms with Gasteiger partial charge in [0, 0.05) is 31.1 Å². The van der Waals surface area contributed by atoms with Gasteiger partial charge in [-0.15, -0.1) is 0 Å². The predicted octanol–water partition coefficient (Wildman–Crippen LogP) is 2.76. The molecule has 120 valence electrons. The Morgan fingerprint density at radius 3 is 2.74 bits per heavy atom. The fourth-order valence-corrected chi connectivity index (χ4v) is 3.83. The summed E-state index contributed by atoms with van der Waals surface area (Å²) < 4.78 is 1.81. The van der Waals surface area contributed by atoms with Gasteiger partial charge in [0.15, 0.2) is 0 Å². The van der Waals surface area contributed by atoms with Crippen LogP contribution in [0, 0.1) is 5.92 Å². The molecule has 4 rings (SSSR count). The summed E-state index contributed by atoms with van der Waals surface area (Å²) >= 11 is 0. The minimum absolute atomic E-state index is 0.132. The summed E-state index contributed by atoms with van der Waals surface area (Å²) in [5.41, 5.74) is 2.72. The molecule has 1 aromatic heterocycles. The lowest BCUT2D eigenvalue weighted by molar-refractivity contribution is -0.122. The number of rotatable bonds is 5. The Balaban J connectivity index is 1.37. The molecule has 1 amide bonds. The molecule has 2 atom stereocenters. The SMILES string of the molecule is Cn1cc(C2CC2C(=O)NCC2(c3ccccc3)CCC2)cn1. The predicted molar refractivity (Wildman–Crippen MR) is 89.0 cm³/mol. The Hall–Kier alpha value is -2.10. The Morgan fingerprint density at radius 2 is 2.13 bits per heavy atom. The maximum absolute atomic E-state index is 12.5. The first kappa shape index (κ1) is 14.5. The highest BCUT2D eigenvalue weighted by molar-refractivity contribution is 5.83. The zero-order valence-corrected chi connectivity index (χ0v) is 13.5. The molecule has 2 aliphatic rings. The van der Waals surface area contributed by atoms with Crippen LogP contribution in [0.25, 0.3) is 0 Å². The largest absolute Gasteiger partial charge is 0.355 e. The second-order valence-electron chi connectivity index (χ2n) is 7.11. The van der Waals surface area contributed by atoms with Crippen LogP contribution in [0.5, 0.6) is 0 Å². The van der Waals surface area contributed by atoms with Crippen molar-refractivity contribution in [2.75, 3.05) is 6.54 Å². The summed E-state index contributed by atoms with van der Waals surface area (Å²) in [7, 11) is 1.92. The summed E-state index contributed by atoms with van der Waals surface area (Å²) in [5, 5.41) is 7.43. The van der Waals surface area contributed by atoms with E-state index in [0.717, 1.165) is 13.0 Å². The molecule has 0 radical (unpaired) electrons. The maximum Gasteiger partial charge on any atom is 0.223 e. The van der Waals surface area contributed by atoms with Gasteiger partial charge in [0.2, 0.25) is 5.91 Å². The van der Waals surface area contributed by atoms with Gasteiger partial charge < -0.3 is 5.32 Å². The molecule has 1 N–H and O–H groups in total. The van der Waals surface area contributed by atoms with E-state index < -0.39 is 0 Å². The Labute approximate surface area is 136 Å². The number of nitrogens with zero attached hydrogens (tertiary/aromatic N) is 2. The normalized spacial score (nSPS) is 24.7. The number of benzene rings is 1. The fraction of sp³-hybridized carbons (Fsp3) is 0.474. The van der Waals surface area contributed by atoms with Crippen molar-refractivity contribution in [3.63, 3.8) is 0 Å². The molecule has 2 aromatic rings. The topological polar surface area (TPSA) is 46.9 Å². The molecule has 2 aliphatic carbocycles. The van der Waals surface area contributed by atoms with Gasteiger partial charge in [-0.1, -0.05) is 36.8 Å². The van der Waals surface area contributed by atoms with Gasteiger partial charge >= 0.3 is 0 Å².